The van der Waals surface area contributed by atoms with E-state index in [1.54, 1.807) is 18.2 Å². The summed E-state index contributed by atoms with van der Waals surface area (Å²) in [5.74, 6) is -0.304. The smallest absolute Gasteiger partial charge is 0.129 e. The highest BCUT2D eigenvalue weighted by molar-refractivity contribution is 6.30. The Kier molecular flexibility index (Phi) is 4.10. The van der Waals surface area contributed by atoms with Gasteiger partial charge in [-0.1, -0.05) is 29.3 Å². The van der Waals surface area contributed by atoms with Gasteiger partial charge in [0.25, 0.3) is 0 Å². The van der Waals surface area contributed by atoms with E-state index in [0.29, 0.717) is 22.2 Å². The number of hydrogen-bond donors (Lipinski definition) is 1. The minimum Gasteiger partial charge on any atom is -0.381 e. The van der Waals surface area contributed by atoms with Crippen molar-refractivity contribution in [3.8, 4) is 0 Å². The van der Waals surface area contributed by atoms with E-state index in [-0.39, 0.29) is 5.82 Å². The van der Waals surface area contributed by atoms with E-state index in [9.17, 15) is 4.39 Å². The van der Waals surface area contributed by atoms with Gasteiger partial charge in [0.15, 0.2) is 0 Å². The van der Waals surface area contributed by atoms with E-state index >= 15 is 0 Å². The van der Waals surface area contributed by atoms with Crippen molar-refractivity contribution in [3.63, 3.8) is 0 Å². The molecule has 0 amide bonds. The molecule has 0 spiro atoms. The molecular formula is C14H12Cl2FN. The number of rotatable bonds is 3. The molecule has 0 aromatic heterocycles. The molecule has 2 rings (SSSR count). The van der Waals surface area contributed by atoms with Crippen LogP contribution in [0.25, 0.3) is 0 Å². The number of hydrogen-bond acceptors (Lipinski definition) is 1. The fraction of sp³-hybridized carbons (Fsp3) is 0.143. The van der Waals surface area contributed by atoms with Crippen LogP contribution in [0.15, 0.2) is 36.4 Å². The molecule has 0 aliphatic heterocycles. The van der Waals surface area contributed by atoms with Crippen molar-refractivity contribution in [2.75, 3.05) is 5.32 Å². The number of anilines is 1. The molecule has 18 heavy (non-hydrogen) atoms. The third-order valence-corrected chi connectivity index (χ3v) is 3.14. The van der Waals surface area contributed by atoms with E-state index in [4.69, 9.17) is 23.2 Å². The van der Waals surface area contributed by atoms with Gasteiger partial charge in [0.2, 0.25) is 0 Å². The average Bonchev–Trinajstić information content (AvgIpc) is 2.30. The second kappa shape index (κ2) is 5.59. The minimum atomic E-state index is -0.304. The zero-order chi connectivity index (χ0) is 13.1. The fourth-order valence-electron chi connectivity index (χ4n) is 1.68. The number of aryl methyl sites for hydroxylation is 1. The summed E-state index contributed by atoms with van der Waals surface area (Å²) in [5.41, 5.74) is 2.54. The highest BCUT2D eigenvalue weighted by Crippen LogP contribution is 2.21. The Balaban J connectivity index is 2.11. The lowest BCUT2D eigenvalue weighted by Gasteiger charge is -2.10. The summed E-state index contributed by atoms with van der Waals surface area (Å²) in [6.07, 6.45) is 0. The molecule has 0 aliphatic rings. The summed E-state index contributed by atoms with van der Waals surface area (Å²) in [4.78, 5) is 0. The highest BCUT2D eigenvalue weighted by Gasteiger charge is 2.04. The standard InChI is InChI=1S/C14H12Cl2FN/c1-9-6-11(15)4-5-14(9)18-8-10-2-3-12(16)7-13(10)17/h2-7,18H,8H2,1H3. The van der Waals surface area contributed by atoms with Crippen LogP contribution < -0.4 is 5.32 Å². The summed E-state index contributed by atoms with van der Waals surface area (Å²) >= 11 is 11.6. The number of benzene rings is 2. The highest BCUT2D eigenvalue weighted by atomic mass is 35.5. The lowest BCUT2D eigenvalue weighted by molar-refractivity contribution is 0.613. The van der Waals surface area contributed by atoms with Crippen LogP contribution >= 0.6 is 23.2 Å². The Bertz CT molecular complexity index is 518. The summed E-state index contributed by atoms with van der Waals surface area (Å²) < 4.78 is 13.6. The summed E-state index contributed by atoms with van der Waals surface area (Å²) in [6, 6.07) is 10.2. The van der Waals surface area contributed by atoms with Gasteiger partial charge in [-0.15, -0.1) is 0 Å². The summed E-state index contributed by atoms with van der Waals surface area (Å²) in [6.45, 7) is 2.36. The van der Waals surface area contributed by atoms with Crippen LogP contribution in [0, 0.1) is 12.7 Å². The average molecular weight is 284 g/mol. The van der Waals surface area contributed by atoms with Gasteiger partial charge >= 0.3 is 0 Å². The zero-order valence-corrected chi connectivity index (χ0v) is 11.3. The van der Waals surface area contributed by atoms with Gasteiger partial charge in [-0.05, 0) is 42.8 Å². The third-order valence-electron chi connectivity index (χ3n) is 2.67. The molecule has 0 bridgehead atoms. The molecule has 0 aliphatic carbocycles. The summed E-state index contributed by atoms with van der Waals surface area (Å²) in [7, 11) is 0. The van der Waals surface area contributed by atoms with Crippen molar-refractivity contribution in [2.24, 2.45) is 0 Å². The lowest BCUT2D eigenvalue weighted by Crippen LogP contribution is -2.03. The van der Waals surface area contributed by atoms with Gasteiger partial charge in [0, 0.05) is 27.8 Å². The molecule has 0 unspecified atom stereocenters. The van der Waals surface area contributed by atoms with Gasteiger partial charge in [-0.3, -0.25) is 0 Å². The molecule has 2 aromatic rings. The number of halogens is 3. The third kappa shape index (κ3) is 3.15. The Morgan fingerprint density at radius 1 is 1.06 bits per heavy atom. The molecule has 0 saturated carbocycles. The Hall–Kier alpha value is -1.25. The van der Waals surface area contributed by atoms with Crippen LogP contribution in [-0.2, 0) is 6.54 Å². The van der Waals surface area contributed by atoms with Crippen molar-refractivity contribution in [1.29, 1.82) is 0 Å². The van der Waals surface area contributed by atoms with Crippen molar-refractivity contribution in [2.45, 2.75) is 13.5 Å². The number of nitrogens with one attached hydrogen (secondary N) is 1. The second-order valence-corrected chi connectivity index (χ2v) is 4.92. The van der Waals surface area contributed by atoms with Crippen LogP contribution in [0.5, 0.6) is 0 Å². The predicted molar refractivity (Wildman–Crippen MR) is 74.9 cm³/mol. The monoisotopic (exact) mass is 283 g/mol. The maximum Gasteiger partial charge on any atom is 0.129 e. The first-order chi connectivity index (χ1) is 8.56. The molecule has 1 nitrogen and oxygen atoms in total. The zero-order valence-electron chi connectivity index (χ0n) is 9.81. The quantitative estimate of drug-likeness (QED) is 0.831. The van der Waals surface area contributed by atoms with Gasteiger partial charge in [-0.25, -0.2) is 4.39 Å². The largest absolute Gasteiger partial charge is 0.381 e. The Morgan fingerprint density at radius 3 is 2.39 bits per heavy atom. The SMILES string of the molecule is Cc1cc(Cl)ccc1NCc1ccc(Cl)cc1F. The topological polar surface area (TPSA) is 12.0 Å². The Morgan fingerprint density at radius 2 is 1.72 bits per heavy atom. The first-order valence-electron chi connectivity index (χ1n) is 5.50. The molecule has 4 heteroatoms. The van der Waals surface area contributed by atoms with Crippen molar-refractivity contribution in [3.05, 3.63) is 63.4 Å². The van der Waals surface area contributed by atoms with E-state index < -0.39 is 0 Å². The van der Waals surface area contributed by atoms with E-state index in [2.05, 4.69) is 5.32 Å². The van der Waals surface area contributed by atoms with E-state index in [1.165, 1.54) is 6.07 Å². The molecule has 0 radical (unpaired) electrons. The minimum absolute atomic E-state index is 0.304. The maximum atomic E-state index is 13.6. The lowest BCUT2D eigenvalue weighted by atomic mass is 10.1. The van der Waals surface area contributed by atoms with Gasteiger partial charge < -0.3 is 5.32 Å². The molecule has 94 valence electrons. The molecule has 2 aromatic carbocycles. The first-order valence-corrected chi connectivity index (χ1v) is 6.26. The van der Waals surface area contributed by atoms with Gasteiger partial charge in [0.1, 0.15) is 5.82 Å². The van der Waals surface area contributed by atoms with Gasteiger partial charge in [-0.2, -0.15) is 0 Å². The Labute approximate surface area is 116 Å². The first kappa shape index (κ1) is 13.2. The summed E-state index contributed by atoms with van der Waals surface area (Å²) in [5, 5.41) is 4.27. The van der Waals surface area contributed by atoms with Gasteiger partial charge in [0.05, 0.1) is 0 Å². The molecule has 0 atom stereocenters. The molecule has 0 heterocycles. The van der Waals surface area contributed by atoms with Crippen molar-refractivity contribution >= 4 is 28.9 Å². The second-order valence-electron chi connectivity index (χ2n) is 4.05. The van der Waals surface area contributed by atoms with Crippen LogP contribution in [0.1, 0.15) is 11.1 Å². The maximum absolute atomic E-state index is 13.6. The normalized spacial score (nSPS) is 10.4. The van der Waals surface area contributed by atoms with Crippen LogP contribution in [-0.4, -0.2) is 0 Å². The molecular weight excluding hydrogens is 272 g/mol. The predicted octanol–water partition coefficient (Wildman–Crippen LogP) is 5.05. The van der Waals surface area contributed by atoms with Crippen molar-refractivity contribution < 1.29 is 4.39 Å². The molecule has 0 fully saturated rings. The van der Waals surface area contributed by atoms with Crippen LogP contribution in [0.3, 0.4) is 0 Å². The van der Waals surface area contributed by atoms with Crippen LogP contribution in [0.2, 0.25) is 10.0 Å². The van der Waals surface area contributed by atoms with E-state index in [0.717, 1.165) is 11.3 Å². The van der Waals surface area contributed by atoms with Crippen LogP contribution in [0.4, 0.5) is 10.1 Å². The molecule has 0 saturated heterocycles. The van der Waals surface area contributed by atoms with E-state index in [1.807, 2.05) is 19.1 Å². The fourth-order valence-corrected chi connectivity index (χ4v) is 2.07. The van der Waals surface area contributed by atoms with Crippen molar-refractivity contribution in [1.82, 2.24) is 0 Å². The molecule has 1 N–H and O–H groups in total.